The van der Waals surface area contributed by atoms with Crippen molar-refractivity contribution in [1.82, 2.24) is 25.2 Å². The van der Waals surface area contributed by atoms with E-state index in [0.29, 0.717) is 34.7 Å². The summed E-state index contributed by atoms with van der Waals surface area (Å²) in [5, 5.41) is 10.9. The molecule has 2 aromatic heterocycles. The van der Waals surface area contributed by atoms with Gasteiger partial charge >= 0.3 is 0 Å². The normalized spacial score (nSPS) is 11.5. The summed E-state index contributed by atoms with van der Waals surface area (Å²) < 4.78 is 11.0. The van der Waals surface area contributed by atoms with Crippen LogP contribution in [0, 0.1) is 0 Å². The third-order valence-corrected chi connectivity index (χ3v) is 6.10. The zero-order valence-corrected chi connectivity index (χ0v) is 23.9. The fourth-order valence-electron chi connectivity index (χ4n) is 4.15. The zero-order chi connectivity index (χ0) is 27.7. The molecule has 0 aliphatic carbocycles. The van der Waals surface area contributed by atoms with Crippen LogP contribution in [0.1, 0.15) is 47.5 Å². The van der Waals surface area contributed by atoms with Gasteiger partial charge in [-0.25, -0.2) is 9.97 Å². The number of ether oxygens (including phenoxy) is 2. The van der Waals surface area contributed by atoms with Gasteiger partial charge in [-0.1, -0.05) is 20.4 Å². The van der Waals surface area contributed by atoms with Crippen LogP contribution in [0.2, 0.25) is 0 Å². The lowest BCUT2D eigenvalue weighted by Crippen LogP contribution is -2.37. The molecule has 3 aromatic rings. The summed E-state index contributed by atoms with van der Waals surface area (Å²) >= 11 is 0. The van der Waals surface area contributed by atoms with Crippen molar-refractivity contribution in [3.63, 3.8) is 0 Å². The van der Waals surface area contributed by atoms with Gasteiger partial charge in [0.25, 0.3) is 0 Å². The first kappa shape index (κ1) is 29.0. The molecular formula is C29H43N7O2. The van der Waals surface area contributed by atoms with Gasteiger partial charge in [0.1, 0.15) is 17.3 Å². The highest BCUT2D eigenvalue weighted by Gasteiger charge is 2.16. The van der Waals surface area contributed by atoms with E-state index in [1.54, 1.807) is 20.4 Å². The molecule has 38 heavy (non-hydrogen) atoms. The molecule has 3 rings (SSSR count). The summed E-state index contributed by atoms with van der Waals surface area (Å²) in [6.07, 6.45) is 3.98. The number of hydrogen-bond acceptors (Lipinski definition) is 9. The van der Waals surface area contributed by atoms with E-state index in [9.17, 15) is 0 Å². The molecule has 9 nitrogen and oxygen atoms in total. The third-order valence-electron chi connectivity index (χ3n) is 6.10. The van der Waals surface area contributed by atoms with Crippen LogP contribution >= 0.6 is 0 Å². The number of anilines is 2. The van der Waals surface area contributed by atoms with Crippen molar-refractivity contribution in [1.29, 1.82) is 0 Å². The fraction of sp³-hybridized carbons (Fsp3) is 0.483. The lowest BCUT2D eigenvalue weighted by atomic mass is 10.0. The van der Waals surface area contributed by atoms with Crippen molar-refractivity contribution in [2.75, 3.05) is 51.0 Å². The molecule has 3 N–H and O–H groups in total. The van der Waals surface area contributed by atoms with Crippen LogP contribution in [0.3, 0.4) is 0 Å². The lowest BCUT2D eigenvalue weighted by molar-refractivity contribution is 0.298. The second-order valence-electron chi connectivity index (χ2n) is 10.2. The van der Waals surface area contributed by atoms with Crippen LogP contribution in [0.4, 0.5) is 11.8 Å². The molecule has 0 aliphatic rings. The first-order chi connectivity index (χ1) is 18.1. The van der Waals surface area contributed by atoms with Crippen molar-refractivity contribution < 1.29 is 9.47 Å². The number of pyridine rings is 1. The lowest BCUT2D eigenvalue weighted by Gasteiger charge is -2.25. The van der Waals surface area contributed by atoms with Crippen LogP contribution in [0.15, 0.2) is 42.9 Å². The smallest absolute Gasteiger partial charge is 0.224 e. The van der Waals surface area contributed by atoms with E-state index in [4.69, 9.17) is 19.4 Å². The Morgan fingerprint density at radius 2 is 1.66 bits per heavy atom. The van der Waals surface area contributed by atoms with Gasteiger partial charge in [-0.2, -0.15) is 4.98 Å². The average molecular weight is 522 g/mol. The van der Waals surface area contributed by atoms with Gasteiger partial charge in [-0.05, 0) is 77.0 Å². The maximum absolute atomic E-state index is 5.50. The monoisotopic (exact) mass is 521 g/mol. The highest BCUT2D eigenvalue weighted by atomic mass is 16.5. The predicted molar refractivity (Wildman–Crippen MR) is 157 cm³/mol. The number of unbranched alkanes of at least 4 members (excludes halogenated alkanes) is 1. The molecule has 0 saturated carbocycles. The summed E-state index contributed by atoms with van der Waals surface area (Å²) in [5.74, 6) is 3.21. The Hall–Kier alpha value is -3.59. The molecule has 1 aromatic carbocycles. The summed E-state index contributed by atoms with van der Waals surface area (Å²) in [5.41, 5.74) is 2.17. The van der Waals surface area contributed by atoms with E-state index in [-0.39, 0.29) is 5.54 Å². The second kappa shape index (κ2) is 13.3. The predicted octanol–water partition coefficient (Wildman–Crippen LogP) is 5.51. The first-order valence-electron chi connectivity index (χ1n) is 13.3. The van der Waals surface area contributed by atoms with Crippen LogP contribution in [0.25, 0.3) is 22.2 Å². The highest BCUT2D eigenvalue weighted by molar-refractivity contribution is 5.88. The van der Waals surface area contributed by atoms with Crippen molar-refractivity contribution in [3.05, 3.63) is 42.9 Å². The molecule has 0 unspecified atom stereocenters. The maximum atomic E-state index is 5.50. The van der Waals surface area contributed by atoms with Gasteiger partial charge in [0.15, 0.2) is 5.65 Å². The van der Waals surface area contributed by atoms with Gasteiger partial charge in [0.2, 0.25) is 5.95 Å². The van der Waals surface area contributed by atoms with E-state index in [1.165, 1.54) is 0 Å². The Morgan fingerprint density at radius 1 is 0.974 bits per heavy atom. The van der Waals surface area contributed by atoms with Gasteiger partial charge in [-0.3, -0.25) is 0 Å². The van der Waals surface area contributed by atoms with Gasteiger partial charge in [-0.15, -0.1) is 0 Å². The standard InChI is InChI=1S/C29H43N7O2/c1-9-36(10-2)14-12-11-13-30-28-31-19-22-17-25(21-15-23(37-7)18-24(16-21)38-8)27(33-26(22)34-28)32-20(3)35-29(4,5)6/h15-19,35H,3,9-14H2,1-2,4-8H3,(H2,30,31,32,33,34). The average Bonchev–Trinajstić information content (AvgIpc) is 2.88. The molecule has 0 bridgehead atoms. The van der Waals surface area contributed by atoms with Crippen molar-refractivity contribution >= 4 is 22.8 Å². The molecule has 0 radical (unpaired) electrons. The van der Waals surface area contributed by atoms with Gasteiger partial charge in [0, 0.05) is 35.3 Å². The molecule has 206 valence electrons. The molecule has 0 amide bonds. The zero-order valence-electron chi connectivity index (χ0n) is 23.9. The highest BCUT2D eigenvalue weighted by Crippen LogP contribution is 2.35. The minimum atomic E-state index is -0.162. The molecule has 0 aliphatic heterocycles. The molecule has 9 heteroatoms. The maximum Gasteiger partial charge on any atom is 0.224 e. The minimum Gasteiger partial charge on any atom is -0.497 e. The van der Waals surface area contributed by atoms with E-state index in [2.05, 4.69) is 67.0 Å². The largest absolute Gasteiger partial charge is 0.497 e. The first-order valence-corrected chi connectivity index (χ1v) is 13.3. The van der Waals surface area contributed by atoms with Crippen LogP contribution in [0.5, 0.6) is 11.5 Å². The molecule has 0 atom stereocenters. The SMILES string of the molecule is C=C(Nc1nc2nc(NCCCCN(CC)CC)ncc2cc1-c1cc(OC)cc(OC)c1)NC(C)(C)C. The topological polar surface area (TPSA) is 96.5 Å². The Balaban J connectivity index is 1.90. The number of fused-ring (bicyclic) bond motifs is 1. The summed E-state index contributed by atoms with van der Waals surface area (Å²) in [6.45, 7) is 18.9. The van der Waals surface area contributed by atoms with E-state index in [0.717, 1.165) is 55.5 Å². The number of hydrogen-bond donors (Lipinski definition) is 3. The quantitative estimate of drug-likeness (QED) is 0.237. The Kier molecular flexibility index (Phi) is 10.1. The van der Waals surface area contributed by atoms with Crippen LogP contribution in [-0.2, 0) is 0 Å². The number of nitrogens with one attached hydrogen (secondary N) is 3. The Labute approximate surface area is 227 Å². The van der Waals surface area contributed by atoms with E-state index >= 15 is 0 Å². The van der Waals surface area contributed by atoms with Crippen molar-refractivity contribution in [2.45, 2.75) is 53.0 Å². The van der Waals surface area contributed by atoms with Gasteiger partial charge < -0.3 is 30.3 Å². The number of nitrogens with zero attached hydrogens (tertiary/aromatic N) is 4. The van der Waals surface area contributed by atoms with Gasteiger partial charge in [0.05, 0.1) is 20.0 Å². The van der Waals surface area contributed by atoms with Crippen molar-refractivity contribution in [3.8, 4) is 22.6 Å². The number of aromatic nitrogens is 3. The molecule has 0 spiro atoms. The minimum absolute atomic E-state index is 0.162. The summed E-state index contributed by atoms with van der Waals surface area (Å²) in [6, 6.07) is 7.77. The second-order valence-corrected chi connectivity index (χ2v) is 10.2. The molecule has 2 heterocycles. The fourth-order valence-corrected chi connectivity index (χ4v) is 4.15. The summed E-state index contributed by atoms with van der Waals surface area (Å²) in [4.78, 5) is 16.6. The van der Waals surface area contributed by atoms with Crippen molar-refractivity contribution in [2.24, 2.45) is 0 Å². The van der Waals surface area contributed by atoms with E-state index < -0.39 is 0 Å². The van der Waals surface area contributed by atoms with Crippen LogP contribution in [-0.4, -0.2) is 65.8 Å². The van der Waals surface area contributed by atoms with E-state index in [1.807, 2.05) is 24.3 Å². The molecule has 0 saturated heterocycles. The Morgan fingerprint density at radius 3 is 2.26 bits per heavy atom. The number of methoxy groups -OCH3 is 2. The molecule has 0 fully saturated rings. The van der Waals surface area contributed by atoms with Crippen LogP contribution < -0.4 is 25.4 Å². The third kappa shape index (κ3) is 8.21. The molecular weight excluding hydrogens is 478 g/mol. The Bertz CT molecular complexity index is 1200. The summed E-state index contributed by atoms with van der Waals surface area (Å²) in [7, 11) is 3.27. The number of rotatable bonds is 14. The number of benzene rings is 1.